The number of furan rings is 1. The van der Waals surface area contributed by atoms with Gasteiger partial charge >= 0.3 is 0 Å². The summed E-state index contributed by atoms with van der Waals surface area (Å²) < 4.78 is 19.0. The molecule has 0 aliphatic heterocycles. The first-order valence-electron chi connectivity index (χ1n) is 6.13. The van der Waals surface area contributed by atoms with Gasteiger partial charge in [-0.2, -0.15) is 0 Å². The summed E-state index contributed by atoms with van der Waals surface area (Å²) in [6, 6.07) is 5.01. The number of aryl methyl sites for hydroxylation is 3. The van der Waals surface area contributed by atoms with Crippen LogP contribution in [0.5, 0.6) is 0 Å². The van der Waals surface area contributed by atoms with Crippen molar-refractivity contribution in [2.24, 2.45) is 0 Å². The van der Waals surface area contributed by atoms with Crippen molar-refractivity contribution in [2.45, 2.75) is 26.8 Å². The second-order valence-electron chi connectivity index (χ2n) is 4.71. The first-order chi connectivity index (χ1) is 8.93. The monoisotopic (exact) mass is 281 g/mol. The van der Waals surface area contributed by atoms with Gasteiger partial charge in [0.05, 0.1) is 6.04 Å². The van der Waals surface area contributed by atoms with Crippen molar-refractivity contribution >= 4 is 11.6 Å². The molecule has 2 aromatic rings. The average molecular weight is 282 g/mol. The highest BCUT2D eigenvalue weighted by Gasteiger charge is 2.21. The van der Waals surface area contributed by atoms with Crippen molar-refractivity contribution in [2.75, 3.05) is 7.05 Å². The predicted octanol–water partition coefficient (Wildman–Crippen LogP) is 4.31. The van der Waals surface area contributed by atoms with Crippen molar-refractivity contribution in [1.82, 2.24) is 5.32 Å². The van der Waals surface area contributed by atoms with Gasteiger partial charge in [0.1, 0.15) is 17.3 Å². The van der Waals surface area contributed by atoms with E-state index in [1.165, 1.54) is 6.07 Å². The number of hydrogen-bond donors (Lipinski definition) is 1. The molecule has 0 radical (unpaired) electrons. The Balaban J connectivity index is 2.54. The first kappa shape index (κ1) is 14.1. The summed E-state index contributed by atoms with van der Waals surface area (Å²) in [5.74, 6) is 1.40. The van der Waals surface area contributed by atoms with Gasteiger partial charge in [-0.3, -0.25) is 0 Å². The minimum atomic E-state index is -0.288. The Labute approximate surface area is 117 Å². The summed E-state index contributed by atoms with van der Waals surface area (Å²) in [6.07, 6.45) is 0. The van der Waals surface area contributed by atoms with Crippen molar-refractivity contribution in [3.8, 4) is 0 Å². The predicted molar refractivity (Wildman–Crippen MR) is 75.2 cm³/mol. The molecule has 1 atom stereocenters. The largest absolute Gasteiger partial charge is 0.466 e. The van der Waals surface area contributed by atoms with E-state index in [9.17, 15) is 4.39 Å². The molecule has 0 aliphatic carbocycles. The SMILES string of the molecule is CNC(c1cc(C)c(F)cc1Cl)c1cc(C)oc1C. The topological polar surface area (TPSA) is 25.2 Å². The van der Waals surface area contributed by atoms with Crippen LogP contribution in [0, 0.1) is 26.6 Å². The average Bonchev–Trinajstić information content (AvgIpc) is 2.66. The molecule has 2 nitrogen and oxygen atoms in total. The van der Waals surface area contributed by atoms with Gasteiger partial charge in [-0.25, -0.2) is 4.39 Å². The van der Waals surface area contributed by atoms with Crippen molar-refractivity contribution < 1.29 is 8.81 Å². The summed E-state index contributed by atoms with van der Waals surface area (Å²) in [5, 5.41) is 3.63. The lowest BCUT2D eigenvalue weighted by atomic mass is 9.97. The molecular formula is C15H17ClFNO. The minimum absolute atomic E-state index is 0.107. The third-order valence-corrected chi connectivity index (χ3v) is 3.60. The van der Waals surface area contributed by atoms with E-state index in [1.807, 2.05) is 27.0 Å². The molecule has 1 N–H and O–H groups in total. The number of benzene rings is 1. The molecule has 0 aliphatic rings. The highest BCUT2D eigenvalue weighted by atomic mass is 35.5. The number of rotatable bonds is 3. The van der Waals surface area contributed by atoms with Gasteiger partial charge in [-0.1, -0.05) is 11.6 Å². The lowest BCUT2D eigenvalue weighted by Gasteiger charge is -2.18. The Kier molecular flexibility index (Phi) is 3.97. The Hall–Kier alpha value is -1.32. The van der Waals surface area contributed by atoms with Crippen LogP contribution in [0.15, 0.2) is 22.6 Å². The molecule has 0 amide bonds. The van der Waals surface area contributed by atoms with E-state index in [4.69, 9.17) is 16.0 Å². The van der Waals surface area contributed by atoms with Crippen LogP contribution in [0.3, 0.4) is 0 Å². The zero-order valence-corrected chi connectivity index (χ0v) is 12.2. The van der Waals surface area contributed by atoms with Gasteiger partial charge in [0, 0.05) is 10.6 Å². The van der Waals surface area contributed by atoms with Gasteiger partial charge in [-0.05, 0) is 57.1 Å². The normalized spacial score (nSPS) is 12.7. The highest BCUT2D eigenvalue weighted by molar-refractivity contribution is 6.31. The standard InChI is InChI=1S/C15H17ClFNO/c1-8-5-12(13(16)7-14(8)17)15(18-4)11-6-9(2)19-10(11)3/h5-7,15,18H,1-4H3. The smallest absolute Gasteiger partial charge is 0.127 e. The fourth-order valence-corrected chi connectivity index (χ4v) is 2.58. The van der Waals surface area contributed by atoms with Crippen LogP contribution in [-0.2, 0) is 0 Å². The van der Waals surface area contributed by atoms with E-state index in [2.05, 4.69) is 5.32 Å². The fraction of sp³-hybridized carbons (Fsp3) is 0.333. The molecule has 19 heavy (non-hydrogen) atoms. The molecule has 0 saturated carbocycles. The van der Waals surface area contributed by atoms with E-state index >= 15 is 0 Å². The van der Waals surface area contributed by atoms with E-state index in [1.54, 1.807) is 13.0 Å². The highest BCUT2D eigenvalue weighted by Crippen LogP contribution is 2.32. The Morgan fingerprint density at radius 2 is 1.84 bits per heavy atom. The molecule has 0 spiro atoms. The van der Waals surface area contributed by atoms with Gasteiger partial charge in [0.2, 0.25) is 0 Å². The zero-order valence-electron chi connectivity index (χ0n) is 11.5. The van der Waals surface area contributed by atoms with Crippen LogP contribution in [0.25, 0.3) is 0 Å². The molecule has 4 heteroatoms. The second-order valence-corrected chi connectivity index (χ2v) is 5.12. The van der Waals surface area contributed by atoms with Crippen LogP contribution in [0.2, 0.25) is 5.02 Å². The second kappa shape index (κ2) is 5.35. The number of halogens is 2. The van der Waals surface area contributed by atoms with Crippen molar-refractivity contribution in [3.05, 3.63) is 57.2 Å². The number of nitrogens with one attached hydrogen (secondary N) is 1. The quantitative estimate of drug-likeness (QED) is 0.907. The molecule has 1 aromatic heterocycles. The number of hydrogen-bond acceptors (Lipinski definition) is 2. The lowest BCUT2D eigenvalue weighted by Crippen LogP contribution is -2.18. The third-order valence-electron chi connectivity index (χ3n) is 3.27. The fourth-order valence-electron chi connectivity index (χ4n) is 2.32. The minimum Gasteiger partial charge on any atom is -0.466 e. The molecule has 0 bridgehead atoms. The Bertz CT molecular complexity index is 606. The van der Waals surface area contributed by atoms with Crippen LogP contribution in [0.1, 0.15) is 34.3 Å². The molecule has 1 aromatic carbocycles. The third kappa shape index (κ3) is 2.67. The van der Waals surface area contributed by atoms with E-state index < -0.39 is 0 Å². The van der Waals surface area contributed by atoms with E-state index in [0.29, 0.717) is 10.6 Å². The maximum Gasteiger partial charge on any atom is 0.127 e. The van der Waals surface area contributed by atoms with Crippen molar-refractivity contribution in [3.63, 3.8) is 0 Å². The van der Waals surface area contributed by atoms with Crippen LogP contribution < -0.4 is 5.32 Å². The van der Waals surface area contributed by atoms with Gasteiger partial charge in [0.25, 0.3) is 0 Å². The molecule has 0 fully saturated rings. The summed E-state index contributed by atoms with van der Waals surface area (Å²) in [5.41, 5.74) is 2.46. The summed E-state index contributed by atoms with van der Waals surface area (Å²) >= 11 is 6.17. The Morgan fingerprint density at radius 1 is 1.16 bits per heavy atom. The van der Waals surface area contributed by atoms with E-state index in [-0.39, 0.29) is 11.9 Å². The van der Waals surface area contributed by atoms with Gasteiger partial charge in [-0.15, -0.1) is 0 Å². The lowest BCUT2D eigenvalue weighted by molar-refractivity contribution is 0.497. The van der Waals surface area contributed by atoms with Crippen molar-refractivity contribution in [1.29, 1.82) is 0 Å². The zero-order chi connectivity index (χ0) is 14.2. The first-order valence-corrected chi connectivity index (χ1v) is 6.51. The summed E-state index contributed by atoms with van der Waals surface area (Å²) in [6.45, 7) is 5.55. The molecular weight excluding hydrogens is 265 g/mol. The van der Waals surface area contributed by atoms with E-state index in [0.717, 1.165) is 22.6 Å². The molecule has 0 saturated heterocycles. The molecule has 1 unspecified atom stereocenters. The van der Waals surface area contributed by atoms with Crippen LogP contribution in [-0.4, -0.2) is 7.05 Å². The van der Waals surface area contributed by atoms with Crippen LogP contribution >= 0.6 is 11.6 Å². The maximum atomic E-state index is 13.5. The molecule has 1 heterocycles. The maximum absolute atomic E-state index is 13.5. The summed E-state index contributed by atoms with van der Waals surface area (Å²) in [4.78, 5) is 0. The van der Waals surface area contributed by atoms with Crippen LogP contribution in [0.4, 0.5) is 4.39 Å². The molecule has 2 rings (SSSR count). The van der Waals surface area contributed by atoms with Gasteiger partial charge in [0.15, 0.2) is 0 Å². The van der Waals surface area contributed by atoms with Gasteiger partial charge < -0.3 is 9.73 Å². The molecule has 102 valence electrons. The summed E-state index contributed by atoms with van der Waals surface area (Å²) in [7, 11) is 1.85. The Morgan fingerprint density at radius 3 is 2.37 bits per heavy atom.